The van der Waals surface area contributed by atoms with Crippen LogP contribution in [0.15, 0.2) is 18.2 Å². The molecule has 1 saturated heterocycles. The minimum absolute atomic E-state index is 0.173. The lowest BCUT2D eigenvalue weighted by atomic mass is 9.69. The fourth-order valence-electron chi connectivity index (χ4n) is 4.71. The molecule has 1 aromatic carbocycles. The molecule has 6 nitrogen and oxygen atoms in total. The zero-order valence-corrected chi connectivity index (χ0v) is 16.9. The van der Waals surface area contributed by atoms with Crippen LogP contribution in [0.5, 0.6) is 11.5 Å². The highest BCUT2D eigenvalue weighted by molar-refractivity contribution is 7.87. The lowest BCUT2D eigenvalue weighted by Crippen LogP contribution is -2.50. The first-order valence-electron chi connectivity index (χ1n) is 10.1. The van der Waals surface area contributed by atoms with Gasteiger partial charge in [0.25, 0.3) is 10.2 Å². The number of fused-ring (bicyclic) bond motifs is 1. The van der Waals surface area contributed by atoms with Crippen molar-refractivity contribution < 1.29 is 17.9 Å². The Balaban J connectivity index is 1.54. The summed E-state index contributed by atoms with van der Waals surface area (Å²) in [6.07, 6.45) is 7.48. The van der Waals surface area contributed by atoms with E-state index in [9.17, 15) is 8.42 Å². The van der Waals surface area contributed by atoms with E-state index in [4.69, 9.17) is 9.47 Å². The maximum Gasteiger partial charge on any atom is 0.279 e. The van der Waals surface area contributed by atoms with E-state index in [0.29, 0.717) is 25.6 Å². The Morgan fingerprint density at radius 1 is 1.15 bits per heavy atom. The third-order valence-electron chi connectivity index (χ3n) is 6.35. The van der Waals surface area contributed by atoms with E-state index in [1.807, 2.05) is 12.1 Å². The molecule has 1 N–H and O–H groups in total. The first kappa shape index (κ1) is 19.0. The number of piperidine rings is 1. The second kappa shape index (κ2) is 7.60. The molecule has 1 aliphatic carbocycles. The fraction of sp³-hybridized carbons (Fsp3) is 0.700. The van der Waals surface area contributed by atoms with Crippen molar-refractivity contribution in [2.75, 3.05) is 26.4 Å². The van der Waals surface area contributed by atoms with Crippen LogP contribution in [-0.2, 0) is 15.6 Å². The zero-order valence-electron chi connectivity index (χ0n) is 16.1. The zero-order chi connectivity index (χ0) is 18.9. The van der Waals surface area contributed by atoms with Crippen LogP contribution in [0.4, 0.5) is 0 Å². The van der Waals surface area contributed by atoms with Crippen LogP contribution in [0, 0.1) is 5.92 Å². The van der Waals surface area contributed by atoms with E-state index in [-0.39, 0.29) is 12.2 Å². The molecule has 1 saturated carbocycles. The predicted molar refractivity (Wildman–Crippen MR) is 104 cm³/mol. The van der Waals surface area contributed by atoms with E-state index >= 15 is 0 Å². The molecular formula is C20H30N2O4S. The fourth-order valence-corrected chi connectivity index (χ4v) is 6.17. The van der Waals surface area contributed by atoms with E-state index in [2.05, 4.69) is 17.7 Å². The van der Waals surface area contributed by atoms with Gasteiger partial charge in [0.2, 0.25) is 6.79 Å². The minimum Gasteiger partial charge on any atom is -0.454 e. The molecule has 4 rings (SSSR count). The lowest BCUT2D eigenvalue weighted by molar-refractivity contribution is 0.174. The lowest BCUT2D eigenvalue weighted by Gasteiger charge is -2.39. The minimum atomic E-state index is -3.45. The van der Waals surface area contributed by atoms with Crippen LogP contribution in [-0.4, -0.2) is 39.2 Å². The highest BCUT2D eigenvalue weighted by atomic mass is 32.2. The van der Waals surface area contributed by atoms with Gasteiger partial charge in [0.15, 0.2) is 11.5 Å². The van der Waals surface area contributed by atoms with Crippen molar-refractivity contribution in [1.29, 1.82) is 0 Å². The molecule has 0 aromatic heterocycles. The second-order valence-electron chi connectivity index (χ2n) is 8.34. The van der Waals surface area contributed by atoms with E-state index in [1.54, 1.807) is 4.31 Å². The molecule has 0 amide bonds. The van der Waals surface area contributed by atoms with Crippen molar-refractivity contribution in [3.05, 3.63) is 23.8 Å². The number of nitrogens with one attached hydrogen (secondary N) is 1. The smallest absolute Gasteiger partial charge is 0.279 e. The van der Waals surface area contributed by atoms with Gasteiger partial charge in [-0.2, -0.15) is 12.7 Å². The molecule has 27 heavy (non-hydrogen) atoms. The van der Waals surface area contributed by atoms with Gasteiger partial charge in [-0.25, -0.2) is 4.72 Å². The van der Waals surface area contributed by atoms with Gasteiger partial charge in [-0.3, -0.25) is 0 Å². The maximum absolute atomic E-state index is 12.9. The third-order valence-corrected chi connectivity index (χ3v) is 7.87. The molecule has 0 unspecified atom stereocenters. The molecular weight excluding hydrogens is 364 g/mol. The molecule has 1 aromatic rings. The van der Waals surface area contributed by atoms with E-state index in [0.717, 1.165) is 55.6 Å². The number of hydrogen-bond donors (Lipinski definition) is 1. The molecule has 0 spiro atoms. The summed E-state index contributed by atoms with van der Waals surface area (Å²) in [7, 11) is -3.45. The molecule has 1 atom stereocenters. The molecule has 7 heteroatoms. The summed E-state index contributed by atoms with van der Waals surface area (Å²) in [4.78, 5) is 0. The number of nitrogens with zero attached hydrogens (tertiary/aromatic N) is 1. The van der Waals surface area contributed by atoms with Gasteiger partial charge in [-0.15, -0.1) is 0 Å². The van der Waals surface area contributed by atoms with Gasteiger partial charge < -0.3 is 9.47 Å². The molecule has 150 valence electrons. The summed E-state index contributed by atoms with van der Waals surface area (Å²) in [5.74, 6) is 1.96. The molecule has 2 fully saturated rings. The highest BCUT2D eigenvalue weighted by Gasteiger charge is 2.37. The average Bonchev–Trinajstić information content (AvgIpc) is 3.15. The molecule has 2 heterocycles. The largest absolute Gasteiger partial charge is 0.454 e. The topological polar surface area (TPSA) is 67.9 Å². The van der Waals surface area contributed by atoms with Crippen LogP contribution in [0.2, 0.25) is 0 Å². The Kier molecular flexibility index (Phi) is 5.36. The quantitative estimate of drug-likeness (QED) is 0.833. The summed E-state index contributed by atoms with van der Waals surface area (Å²) in [5.41, 5.74) is 0.981. The van der Waals surface area contributed by atoms with Crippen molar-refractivity contribution in [2.24, 2.45) is 5.92 Å². The predicted octanol–water partition coefficient (Wildman–Crippen LogP) is 3.18. The van der Waals surface area contributed by atoms with Gasteiger partial charge in [0.1, 0.15) is 0 Å². The van der Waals surface area contributed by atoms with Gasteiger partial charge in [0.05, 0.1) is 0 Å². The van der Waals surface area contributed by atoms with Crippen LogP contribution >= 0.6 is 0 Å². The second-order valence-corrected chi connectivity index (χ2v) is 10.1. The van der Waals surface area contributed by atoms with Gasteiger partial charge in [-0.1, -0.05) is 32.3 Å². The van der Waals surface area contributed by atoms with Crippen molar-refractivity contribution in [2.45, 2.75) is 57.3 Å². The molecule has 0 radical (unpaired) electrons. The van der Waals surface area contributed by atoms with Gasteiger partial charge in [-0.05, 0) is 49.3 Å². The summed E-state index contributed by atoms with van der Waals surface area (Å²) < 4.78 is 41.4. The Bertz CT molecular complexity index is 774. The third kappa shape index (κ3) is 3.96. The van der Waals surface area contributed by atoms with Crippen molar-refractivity contribution >= 4 is 10.2 Å². The van der Waals surface area contributed by atoms with Crippen LogP contribution < -0.4 is 14.2 Å². The highest BCUT2D eigenvalue weighted by Crippen LogP contribution is 2.43. The monoisotopic (exact) mass is 394 g/mol. The Labute approximate surface area is 162 Å². The van der Waals surface area contributed by atoms with Gasteiger partial charge >= 0.3 is 0 Å². The summed E-state index contributed by atoms with van der Waals surface area (Å²) in [6, 6.07) is 6.08. The number of rotatable bonds is 5. The number of ether oxygens (including phenoxy) is 2. The normalized spacial score (nSPS) is 25.4. The van der Waals surface area contributed by atoms with Crippen molar-refractivity contribution in [3.63, 3.8) is 0 Å². The van der Waals surface area contributed by atoms with Crippen molar-refractivity contribution in [3.8, 4) is 11.5 Å². The Hall–Kier alpha value is -1.31. The molecule has 2 aliphatic heterocycles. The van der Waals surface area contributed by atoms with E-state index in [1.165, 1.54) is 6.42 Å². The SMILES string of the molecule is C[C@H]1CCCN(S(=O)(=O)NCC2(c3ccc4c(c3)OCO4)CCCCC2)C1. The Morgan fingerprint density at radius 2 is 1.93 bits per heavy atom. The Morgan fingerprint density at radius 3 is 2.70 bits per heavy atom. The number of hydrogen-bond acceptors (Lipinski definition) is 4. The summed E-state index contributed by atoms with van der Waals surface area (Å²) >= 11 is 0. The van der Waals surface area contributed by atoms with Gasteiger partial charge in [0, 0.05) is 25.0 Å². The average molecular weight is 395 g/mol. The van der Waals surface area contributed by atoms with Crippen molar-refractivity contribution in [1.82, 2.24) is 9.03 Å². The summed E-state index contributed by atoms with van der Waals surface area (Å²) in [6.45, 7) is 4.06. The summed E-state index contributed by atoms with van der Waals surface area (Å²) in [5, 5.41) is 0. The first-order valence-corrected chi connectivity index (χ1v) is 11.6. The molecule has 3 aliphatic rings. The van der Waals surface area contributed by atoms with E-state index < -0.39 is 10.2 Å². The standard InChI is InChI=1S/C20H30N2O4S/c1-16-6-5-11-22(13-16)27(23,24)21-14-20(9-3-2-4-10-20)17-7-8-18-19(12-17)26-15-25-18/h7-8,12,16,21H,2-6,9-11,13-15H2,1H3/t16-/m0/s1. The first-order chi connectivity index (χ1) is 13.0. The van der Waals surface area contributed by atoms with Crippen LogP contribution in [0.25, 0.3) is 0 Å². The maximum atomic E-state index is 12.9. The number of benzene rings is 1. The molecule has 0 bridgehead atoms. The van der Waals surface area contributed by atoms with Crippen LogP contribution in [0.3, 0.4) is 0 Å². The van der Waals surface area contributed by atoms with Crippen LogP contribution in [0.1, 0.15) is 57.4 Å².